The minimum absolute atomic E-state index is 0.180. The Labute approximate surface area is 188 Å². The quantitative estimate of drug-likeness (QED) is 0.223. The van der Waals surface area contributed by atoms with Crippen LogP contribution in [-0.4, -0.2) is 17.0 Å². The molecule has 0 spiro atoms. The summed E-state index contributed by atoms with van der Waals surface area (Å²) < 4.78 is 34.4. The van der Waals surface area contributed by atoms with Gasteiger partial charge in [-0.2, -0.15) is 4.39 Å². The van der Waals surface area contributed by atoms with Crippen molar-refractivity contribution >= 4 is 17.5 Å². The van der Waals surface area contributed by atoms with Crippen molar-refractivity contribution in [1.82, 2.24) is 0 Å². The molecule has 1 aromatic rings. The van der Waals surface area contributed by atoms with Crippen LogP contribution in [0, 0.1) is 0 Å². The Balaban J connectivity index is 2.80. The highest BCUT2D eigenvalue weighted by molar-refractivity contribution is 5.85. The first kappa shape index (κ1) is 25.5. The third-order valence-electron chi connectivity index (χ3n) is 6.13. The van der Waals surface area contributed by atoms with Crippen LogP contribution in [0.1, 0.15) is 84.4 Å². The average molecular weight is 447 g/mol. The fourth-order valence-electron chi connectivity index (χ4n) is 4.25. The fourth-order valence-corrected chi connectivity index (χ4v) is 4.25. The molecule has 0 aliphatic heterocycles. The lowest BCUT2D eigenvalue weighted by molar-refractivity contribution is -0.134. The zero-order valence-electron chi connectivity index (χ0n) is 19.9. The maximum atomic E-state index is 15.4. The zero-order chi connectivity index (χ0) is 24.4. The van der Waals surface area contributed by atoms with Crippen LogP contribution in [0.2, 0.25) is 0 Å². The number of carbonyl (C=O) groups is 2. The molecule has 1 aliphatic carbocycles. The molecule has 0 unspecified atom stereocenters. The van der Waals surface area contributed by atoms with Gasteiger partial charge in [-0.3, -0.25) is 4.79 Å². The number of halogens is 2. The van der Waals surface area contributed by atoms with Gasteiger partial charge in [0.05, 0.1) is 0 Å². The van der Waals surface area contributed by atoms with E-state index >= 15 is 4.39 Å². The van der Waals surface area contributed by atoms with Gasteiger partial charge < -0.3 is 9.84 Å². The van der Waals surface area contributed by atoms with Crippen molar-refractivity contribution in [2.75, 3.05) is 0 Å². The van der Waals surface area contributed by atoms with E-state index in [1.54, 1.807) is 6.07 Å². The van der Waals surface area contributed by atoms with Crippen molar-refractivity contribution in [3.05, 3.63) is 58.2 Å². The van der Waals surface area contributed by atoms with Gasteiger partial charge in [-0.15, -0.1) is 0 Å². The summed E-state index contributed by atoms with van der Waals surface area (Å²) in [5, 5.41) is 8.78. The maximum absolute atomic E-state index is 15.4. The van der Waals surface area contributed by atoms with Crippen LogP contribution in [0.5, 0.6) is 5.75 Å². The van der Waals surface area contributed by atoms with Gasteiger partial charge in [-0.25, -0.2) is 9.18 Å². The predicted molar refractivity (Wildman–Crippen MR) is 122 cm³/mol. The van der Waals surface area contributed by atoms with Crippen LogP contribution in [0.15, 0.2) is 41.5 Å². The normalized spacial score (nSPS) is 18.5. The molecule has 0 heterocycles. The van der Waals surface area contributed by atoms with E-state index in [2.05, 4.69) is 27.7 Å². The minimum Gasteiger partial charge on any atom is -0.476 e. The summed E-state index contributed by atoms with van der Waals surface area (Å²) in [6.07, 6.45) is 4.39. The predicted octanol–water partition coefficient (Wildman–Crippen LogP) is 6.94. The second kappa shape index (κ2) is 9.39. The van der Waals surface area contributed by atoms with Crippen LogP contribution in [0.3, 0.4) is 0 Å². The lowest BCUT2D eigenvalue weighted by Gasteiger charge is -2.43. The van der Waals surface area contributed by atoms with E-state index in [4.69, 9.17) is 9.84 Å². The molecular formula is C26H32F2O4. The van der Waals surface area contributed by atoms with Crippen LogP contribution in [0.25, 0.3) is 5.57 Å². The van der Waals surface area contributed by atoms with E-state index in [9.17, 15) is 14.0 Å². The highest BCUT2D eigenvalue weighted by Gasteiger charge is 2.40. The Morgan fingerprint density at radius 2 is 1.66 bits per heavy atom. The minimum atomic E-state index is -1.70. The first-order chi connectivity index (χ1) is 14.7. The molecule has 0 aromatic heterocycles. The van der Waals surface area contributed by atoms with E-state index in [0.717, 1.165) is 36.1 Å². The van der Waals surface area contributed by atoms with Crippen LogP contribution < -0.4 is 4.74 Å². The molecule has 0 radical (unpaired) electrons. The Bertz CT molecular complexity index is 1030. The third-order valence-corrected chi connectivity index (χ3v) is 6.13. The second-order valence-electron chi connectivity index (χ2n) is 9.57. The standard InChI is InChI=1S/C26H32F2O4/c1-8-18(21(27)10-9-15(2)23(28)24(30)31)19-13-17(32-16(3)29)14-20-22(19)26(6,7)12-11-25(20,4)5/h9-10,13-14H,8,11-12H2,1-7H3,(H,30,31). The molecule has 174 valence electrons. The van der Waals surface area contributed by atoms with Crippen molar-refractivity contribution in [3.8, 4) is 5.75 Å². The summed E-state index contributed by atoms with van der Waals surface area (Å²) in [6, 6.07) is 3.56. The highest BCUT2D eigenvalue weighted by Crippen LogP contribution is 2.50. The van der Waals surface area contributed by atoms with E-state index in [0.29, 0.717) is 23.3 Å². The zero-order valence-corrected chi connectivity index (χ0v) is 19.9. The van der Waals surface area contributed by atoms with Gasteiger partial charge in [-0.05, 0) is 83.1 Å². The average Bonchev–Trinajstić information content (AvgIpc) is 2.68. The van der Waals surface area contributed by atoms with Crippen LogP contribution in [0.4, 0.5) is 8.78 Å². The van der Waals surface area contributed by atoms with E-state index in [1.165, 1.54) is 13.8 Å². The molecule has 6 heteroatoms. The molecule has 2 rings (SSSR count). The van der Waals surface area contributed by atoms with Crippen molar-refractivity contribution < 1.29 is 28.2 Å². The Kier molecular flexibility index (Phi) is 7.48. The Morgan fingerprint density at radius 1 is 1.06 bits per heavy atom. The number of allylic oxidation sites excluding steroid dienone is 5. The van der Waals surface area contributed by atoms with Gasteiger partial charge >= 0.3 is 11.9 Å². The number of hydrogen-bond acceptors (Lipinski definition) is 3. The topological polar surface area (TPSA) is 63.6 Å². The van der Waals surface area contributed by atoms with Crippen molar-refractivity contribution in [2.24, 2.45) is 0 Å². The van der Waals surface area contributed by atoms with Gasteiger partial charge in [-0.1, -0.05) is 40.7 Å². The van der Waals surface area contributed by atoms with E-state index in [1.807, 2.05) is 13.0 Å². The number of carboxylic acid groups (broad SMARTS) is 1. The van der Waals surface area contributed by atoms with Gasteiger partial charge in [0.2, 0.25) is 5.83 Å². The molecule has 1 aliphatic rings. The first-order valence-corrected chi connectivity index (χ1v) is 10.8. The molecule has 1 aromatic carbocycles. The van der Waals surface area contributed by atoms with Crippen molar-refractivity contribution in [1.29, 1.82) is 0 Å². The number of rotatable bonds is 6. The molecule has 1 N–H and O–H groups in total. The van der Waals surface area contributed by atoms with Crippen LogP contribution >= 0.6 is 0 Å². The Hall–Kier alpha value is -2.76. The maximum Gasteiger partial charge on any atom is 0.365 e. The molecular weight excluding hydrogens is 414 g/mol. The third kappa shape index (κ3) is 5.34. The molecule has 0 bridgehead atoms. The van der Waals surface area contributed by atoms with Gasteiger partial charge in [0.1, 0.15) is 11.6 Å². The lowest BCUT2D eigenvalue weighted by Crippen LogP contribution is -2.35. The molecule has 0 saturated carbocycles. The van der Waals surface area contributed by atoms with Crippen molar-refractivity contribution in [2.45, 2.75) is 78.6 Å². The van der Waals surface area contributed by atoms with Gasteiger partial charge in [0.25, 0.3) is 0 Å². The van der Waals surface area contributed by atoms with Gasteiger partial charge in [0.15, 0.2) is 0 Å². The molecule has 0 amide bonds. The fraction of sp³-hybridized carbons (Fsp3) is 0.462. The molecule has 0 fully saturated rings. The lowest BCUT2D eigenvalue weighted by atomic mass is 9.61. The summed E-state index contributed by atoms with van der Waals surface area (Å²) in [4.78, 5) is 22.4. The second-order valence-corrected chi connectivity index (χ2v) is 9.57. The number of aliphatic carboxylic acids is 1. The van der Waals surface area contributed by atoms with Crippen molar-refractivity contribution in [3.63, 3.8) is 0 Å². The van der Waals surface area contributed by atoms with E-state index in [-0.39, 0.29) is 16.4 Å². The number of carboxylic acids is 1. The molecule has 4 nitrogen and oxygen atoms in total. The van der Waals surface area contributed by atoms with E-state index < -0.39 is 23.6 Å². The number of carbonyl (C=O) groups excluding carboxylic acids is 1. The highest BCUT2D eigenvalue weighted by atomic mass is 19.1. The molecule has 0 saturated heterocycles. The molecule has 32 heavy (non-hydrogen) atoms. The number of esters is 1. The summed E-state index contributed by atoms with van der Waals surface area (Å²) in [5.74, 6) is -3.72. The summed E-state index contributed by atoms with van der Waals surface area (Å²) in [5.41, 5.74) is 2.46. The summed E-state index contributed by atoms with van der Waals surface area (Å²) >= 11 is 0. The molecule has 0 atom stereocenters. The monoisotopic (exact) mass is 446 g/mol. The number of ether oxygens (including phenoxy) is 1. The summed E-state index contributed by atoms with van der Waals surface area (Å²) in [6.45, 7) is 12.9. The largest absolute Gasteiger partial charge is 0.476 e. The SMILES string of the molecule is CCC(=C(F)C=CC(C)=C(F)C(=O)O)c1cc(OC(C)=O)cc2c1C(C)(C)CCC2(C)C. The van der Waals surface area contributed by atoms with Crippen LogP contribution in [-0.2, 0) is 20.4 Å². The smallest absolute Gasteiger partial charge is 0.365 e. The summed E-state index contributed by atoms with van der Waals surface area (Å²) in [7, 11) is 0. The van der Waals surface area contributed by atoms with Gasteiger partial charge in [0, 0.05) is 6.92 Å². The number of hydrogen-bond donors (Lipinski definition) is 1. The first-order valence-electron chi connectivity index (χ1n) is 10.8. The number of fused-ring (bicyclic) bond motifs is 1. The Morgan fingerprint density at radius 3 is 2.19 bits per heavy atom. The number of benzene rings is 1.